The maximum Gasteiger partial charge on any atom is 0.148 e. The quantitative estimate of drug-likeness (QED) is 0.893. The zero-order valence-electron chi connectivity index (χ0n) is 12.2. The lowest BCUT2D eigenvalue weighted by Crippen LogP contribution is -2.52. The molecule has 2 unspecified atom stereocenters. The van der Waals surface area contributed by atoms with E-state index in [4.69, 9.17) is 0 Å². The summed E-state index contributed by atoms with van der Waals surface area (Å²) in [5.41, 5.74) is 1.25. The molecule has 1 fully saturated rings. The normalized spacial score (nSPS) is 24.7. The Hall–Kier alpha value is -0.910. The fraction of sp³-hybridized carbons (Fsp3) is 0.600. The number of nitrogens with one attached hydrogen (secondary N) is 1. The molecule has 1 aliphatic rings. The second-order valence-electron chi connectivity index (χ2n) is 5.56. The first-order chi connectivity index (χ1) is 9.49. The Kier molecular flexibility index (Phi) is 5.18. The van der Waals surface area contributed by atoms with Crippen LogP contribution < -0.4 is 5.32 Å². The van der Waals surface area contributed by atoms with Crippen molar-refractivity contribution in [3.05, 3.63) is 35.9 Å². The Morgan fingerprint density at radius 3 is 2.60 bits per heavy atom. The lowest BCUT2D eigenvalue weighted by molar-refractivity contribution is 0.136. The minimum atomic E-state index is -2.92. The van der Waals surface area contributed by atoms with E-state index in [1.807, 2.05) is 18.2 Å². The Balaban J connectivity index is 2.11. The van der Waals surface area contributed by atoms with Gasteiger partial charge in [0.2, 0.25) is 0 Å². The molecule has 0 bridgehead atoms. The third kappa shape index (κ3) is 4.30. The zero-order chi connectivity index (χ0) is 14.6. The topological polar surface area (TPSA) is 49.4 Å². The highest BCUT2D eigenvalue weighted by molar-refractivity contribution is 7.90. The summed E-state index contributed by atoms with van der Waals surface area (Å²) in [4.78, 5) is 2.31. The summed E-state index contributed by atoms with van der Waals surface area (Å²) in [7, 11) is -2.92. The molecule has 0 spiro atoms. The fourth-order valence-corrected chi connectivity index (χ4v) is 3.26. The van der Waals surface area contributed by atoms with Crippen LogP contribution in [0.1, 0.15) is 24.9 Å². The second kappa shape index (κ2) is 6.70. The lowest BCUT2D eigenvalue weighted by Gasteiger charge is -2.40. The number of sulfone groups is 1. The van der Waals surface area contributed by atoms with Gasteiger partial charge in [-0.05, 0) is 12.0 Å². The summed E-state index contributed by atoms with van der Waals surface area (Å²) in [6, 6.07) is 11.0. The van der Waals surface area contributed by atoms with Crippen LogP contribution in [0.4, 0.5) is 0 Å². The van der Waals surface area contributed by atoms with Gasteiger partial charge in [-0.15, -0.1) is 0 Å². The molecule has 0 aliphatic carbocycles. The monoisotopic (exact) mass is 296 g/mol. The van der Waals surface area contributed by atoms with E-state index in [-0.39, 0.29) is 11.8 Å². The molecule has 0 aromatic heterocycles. The number of nitrogens with zero attached hydrogens (tertiary/aromatic N) is 1. The number of rotatable bonds is 5. The summed E-state index contributed by atoms with van der Waals surface area (Å²) in [5.74, 6) is 0.229. The maximum atomic E-state index is 11.4. The van der Waals surface area contributed by atoms with Crippen molar-refractivity contribution in [3.8, 4) is 0 Å². The number of hydrogen-bond acceptors (Lipinski definition) is 4. The SMILES string of the molecule is CCC1CN(CCS(C)(=O)=O)C(c2ccccc2)CN1. The van der Waals surface area contributed by atoms with Gasteiger partial charge in [-0.25, -0.2) is 8.42 Å². The van der Waals surface area contributed by atoms with E-state index < -0.39 is 9.84 Å². The highest BCUT2D eigenvalue weighted by Gasteiger charge is 2.28. The predicted octanol–water partition coefficient (Wildman–Crippen LogP) is 1.46. The molecule has 5 heteroatoms. The van der Waals surface area contributed by atoms with Crippen molar-refractivity contribution in [3.63, 3.8) is 0 Å². The van der Waals surface area contributed by atoms with E-state index in [0.717, 1.165) is 19.5 Å². The fourth-order valence-electron chi connectivity index (χ4n) is 2.69. The van der Waals surface area contributed by atoms with Crippen molar-refractivity contribution in [1.29, 1.82) is 0 Å². The highest BCUT2D eigenvalue weighted by Crippen LogP contribution is 2.23. The van der Waals surface area contributed by atoms with Crippen LogP contribution in [0, 0.1) is 0 Å². The number of piperazine rings is 1. The van der Waals surface area contributed by atoms with E-state index in [9.17, 15) is 8.42 Å². The molecule has 112 valence electrons. The molecule has 1 N–H and O–H groups in total. The molecule has 2 atom stereocenters. The average molecular weight is 296 g/mol. The third-order valence-electron chi connectivity index (χ3n) is 3.92. The minimum Gasteiger partial charge on any atom is -0.311 e. The largest absolute Gasteiger partial charge is 0.311 e. The van der Waals surface area contributed by atoms with Crippen LogP contribution in [0.15, 0.2) is 30.3 Å². The summed E-state index contributed by atoms with van der Waals surface area (Å²) in [6.45, 7) is 4.56. The molecule has 1 aromatic carbocycles. The number of hydrogen-bond donors (Lipinski definition) is 1. The van der Waals surface area contributed by atoms with Crippen molar-refractivity contribution >= 4 is 9.84 Å². The van der Waals surface area contributed by atoms with Gasteiger partial charge in [0.05, 0.1) is 5.75 Å². The lowest BCUT2D eigenvalue weighted by atomic mass is 10.0. The standard InChI is InChI=1S/C15H24N2O2S/c1-3-14-12-17(9-10-20(2,18)19)15(11-16-14)13-7-5-4-6-8-13/h4-8,14-16H,3,9-12H2,1-2H3. The second-order valence-corrected chi connectivity index (χ2v) is 7.82. The summed E-state index contributed by atoms with van der Waals surface area (Å²) >= 11 is 0. The van der Waals surface area contributed by atoms with Gasteiger partial charge in [-0.2, -0.15) is 0 Å². The Morgan fingerprint density at radius 1 is 1.30 bits per heavy atom. The van der Waals surface area contributed by atoms with Crippen molar-refractivity contribution in [1.82, 2.24) is 10.2 Å². The van der Waals surface area contributed by atoms with E-state index in [2.05, 4.69) is 29.3 Å². The van der Waals surface area contributed by atoms with Crippen LogP contribution in [0.2, 0.25) is 0 Å². The molecule has 1 saturated heterocycles. The molecule has 1 aliphatic heterocycles. The molecule has 1 aromatic rings. The molecule has 0 saturated carbocycles. The first-order valence-electron chi connectivity index (χ1n) is 7.19. The van der Waals surface area contributed by atoms with Gasteiger partial charge >= 0.3 is 0 Å². The van der Waals surface area contributed by atoms with Crippen molar-refractivity contribution in [2.45, 2.75) is 25.4 Å². The van der Waals surface area contributed by atoms with Crippen LogP contribution in [-0.4, -0.2) is 51.0 Å². The summed E-state index contributed by atoms with van der Waals surface area (Å²) in [5, 5.41) is 3.55. The zero-order valence-corrected chi connectivity index (χ0v) is 13.1. The summed E-state index contributed by atoms with van der Waals surface area (Å²) < 4.78 is 22.9. The predicted molar refractivity (Wildman–Crippen MR) is 82.5 cm³/mol. The minimum absolute atomic E-state index is 0.229. The smallest absolute Gasteiger partial charge is 0.148 e. The molecule has 1 heterocycles. The molecule has 4 nitrogen and oxygen atoms in total. The van der Waals surface area contributed by atoms with Gasteiger partial charge in [0, 0.05) is 38.0 Å². The van der Waals surface area contributed by atoms with Crippen LogP contribution >= 0.6 is 0 Å². The molecule has 2 rings (SSSR count). The Labute approximate surface area is 122 Å². The van der Waals surface area contributed by atoms with Crippen LogP contribution in [0.3, 0.4) is 0 Å². The van der Waals surface area contributed by atoms with Gasteiger partial charge in [0.25, 0.3) is 0 Å². The maximum absolute atomic E-state index is 11.4. The van der Waals surface area contributed by atoms with E-state index in [1.54, 1.807) is 0 Å². The van der Waals surface area contributed by atoms with E-state index in [0.29, 0.717) is 12.6 Å². The number of benzene rings is 1. The first kappa shape index (κ1) is 15.5. The average Bonchev–Trinajstić information content (AvgIpc) is 2.45. The van der Waals surface area contributed by atoms with E-state index in [1.165, 1.54) is 11.8 Å². The molecule has 0 amide bonds. The van der Waals surface area contributed by atoms with Crippen LogP contribution in [0.5, 0.6) is 0 Å². The molecule has 20 heavy (non-hydrogen) atoms. The Morgan fingerprint density at radius 2 is 2.00 bits per heavy atom. The molecular formula is C15H24N2O2S. The van der Waals surface area contributed by atoms with Gasteiger partial charge in [-0.3, -0.25) is 4.90 Å². The van der Waals surface area contributed by atoms with Crippen molar-refractivity contribution in [2.24, 2.45) is 0 Å². The van der Waals surface area contributed by atoms with Crippen molar-refractivity contribution < 1.29 is 8.42 Å². The van der Waals surface area contributed by atoms with Crippen molar-refractivity contribution in [2.75, 3.05) is 31.6 Å². The molecular weight excluding hydrogens is 272 g/mol. The molecule has 0 radical (unpaired) electrons. The third-order valence-corrected chi connectivity index (χ3v) is 4.85. The highest BCUT2D eigenvalue weighted by atomic mass is 32.2. The van der Waals surface area contributed by atoms with Crippen LogP contribution in [0.25, 0.3) is 0 Å². The first-order valence-corrected chi connectivity index (χ1v) is 9.25. The van der Waals surface area contributed by atoms with Gasteiger partial charge in [0.1, 0.15) is 9.84 Å². The van der Waals surface area contributed by atoms with Gasteiger partial charge in [-0.1, -0.05) is 37.3 Å². The van der Waals surface area contributed by atoms with Crippen LogP contribution in [-0.2, 0) is 9.84 Å². The van der Waals surface area contributed by atoms with E-state index >= 15 is 0 Å². The Bertz CT molecular complexity index is 516. The van der Waals surface area contributed by atoms with Gasteiger partial charge < -0.3 is 5.32 Å². The summed E-state index contributed by atoms with van der Waals surface area (Å²) in [6.07, 6.45) is 2.38. The van der Waals surface area contributed by atoms with Gasteiger partial charge in [0.15, 0.2) is 0 Å².